The van der Waals surface area contributed by atoms with Crippen LogP contribution in [0.3, 0.4) is 0 Å². The van der Waals surface area contributed by atoms with Crippen LogP contribution >= 0.6 is 15.8 Å². The van der Waals surface area contributed by atoms with Crippen molar-refractivity contribution in [3.05, 3.63) is 60.7 Å². The maximum atomic E-state index is 5.84. The Morgan fingerprint density at radius 2 is 0.917 bits per heavy atom. The normalized spacial score (nSPS) is 13.6. The van der Waals surface area contributed by atoms with E-state index in [1.165, 1.54) is 35.8 Å². The van der Waals surface area contributed by atoms with Crippen LogP contribution in [0, 0.1) is 0 Å². The third kappa shape index (κ3) is 6.61. The first-order chi connectivity index (χ1) is 11.8. The summed E-state index contributed by atoms with van der Waals surface area (Å²) in [6.07, 6.45) is 7.51. The molecule has 0 amide bonds. The van der Waals surface area contributed by atoms with Gasteiger partial charge in [0.1, 0.15) is 0 Å². The molecule has 0 aliphatic carbocycles. The van der Waals surface area contributed by atoms with Crippen LogP contribution in [0.25, 0.3) is 0 Å². The zero-order valence-corrected chi connectivity index (χ0v) is 16.3. The Hall–Kier alpha value is -0.780. The third-order valence-electron chi connectivity index (χ3n) is 4.15. The summed E-state index contributed by atoms with van der Waals surface area (Å²) in [7, 11) is -0.183. The van der Waals surface area contributed by atoms with Gasteiger partial charge in [-0.1, -0.05) is 76.5 Å². The van der Waals surface area contributed by atoms with Crippen molar-refractivity contribution < 1.29 is 0 Å². The van der Waals surface area contributed by atoms with Crippen LogP contribution < -0.4 is 22.1 Å². The maximum Gasteiger partial charge on any atom is -0.00348 e. The Balaban J connectivity index is 1.83. The monoisotopic (exact) mass is 360 g/mol. The minimum absolute atomic E-state index is 0.0914. The number of unbranched alkanes of at least 4 members (excludes halogenated alkanes) is 1. The number of benzene rings is 2. The molecule has 0 heterocycles. The molecule has 0 saturated heterocycles. The van der Waals surface area contributed by atoms with Gasteiger partial charge in [-0.25, -0.2) is 0 Å². The second-order valence-corrected chi connectivity index (χ2v) is 10.9. The molecule has 2 atom stereocenters. The van der Waals surface area contributed by atoms with Crippen LogP contribution in [0.5, 0.6) is 0 Å². The van der Waals surface area contributed by atoms with E-state index in [0.29, 0.717) is 0 Å². The first kappa shape index (κ1) is 19.5. The van der Waals surface area contributed by atoms with Crippen LogP contribution in [0.15, 0.2) is 60.7 Å². The fraction of sp³-hybridized carbons (Fsp3) is 0.400. The van der Waals surface area contributed by atoms with Crippen LogP contribution in [0.4, 0.5) is 0 Å². The van der Waals surface area contributed by atoms with Gasteiger partial charge in [-0.15, -0.1) is 0 Å². The third-order valence-corrected chi connectivity index (χ3v) is 9.51. The number of hydrogen-bond acceptors (Lipinski definition) is 2. The molecule has 2 nitrogen and oxygen atoms in total. The van der Waals surface area contributed by atoms with Crippen molar-refractivity contribution in [3.8, 4) is 0 Å². The van der Waals surface area contributed by atoms with Crippen LogP contribution in [0.2, 0.25) is 0 Å². The molecule has 2 unspecified atom stereocenters. The van der Waals surface area contributed by atoms with E-state index in [0.717, 1.165) is 25.4 Å². The molecule has 2 rings (SSSR count). The SMILES string of the molecule is NCCP(CCCCP(CCN)c1ccccc1)c1ccccc1. The Morgan fingerprint density at radius 1 is 0.542 bits per heavy atom. The molecule has 0 bridgehead atoms. The lowest BCUT2D eigenvalue weighted by Gasteiger charge is -2.20. The van der Waals surface area contributed by atoms with Crippen molar-refractivity contribution in [2.75, 3.05) is 37.7 Å². The lowest BCUT2D eigenvalue weighted by atomic mass is 10.4. The summed E-state index contributed by atoms with van der Waals surface area (Å²) in [6, 6.07) is 21.9. The van der Waals surface area contributed by atoms with Gasteiger partial charge in [-0.2, -0.15) is 0 Å². The van der Waals surface area contributed by atoms with E-state index in [1.807, 2.05) is 0 Å². The number of hydrogen-bond donors (Lipinski definition) is 2. The summed E-state index contributed by atoms with van der Waals surface area (Å²) < 4.78 is 0. The minimum Gasteiger partial charge on any atom is -0.330 e. The van der Waals surface area contributed by atoms with Crippen molar-refractivity contribution in [2.24, 2.45) is 11.5 Å². The lowest BCUT2D eigenvalue weighted by Crippen LogP contribution is -2.14. The van der Waals surface area contributed by atoms with Crippen molar-refractivity contribution in [2.45, 2.75) is 12.8 Å². The first-order valence-electron chi connectivity index (χ1n) is 8.85. The van der Waals surface area contributed by atoms with E-state index < -0.39 is 0 Å². The first-order valence-corrected chi connectivity index (χ1v) is 12.3. The summed E-state index contributed by atoms with van der Waals surface area (Å²) in [5.41, 5.74) is 11.7. The molecule has 0 radical (unpaired) electrons. The van der Waals surface area contributed by atoms with Gasteiger partial charge in [0, 0.05) is 0 Å². The Bertz CT molecular complexity index is 497. The average molecular weight is 360 g/mol. The predicted octanol–water partition coefficient (Wildman–Crippen LogP) is 3.30. The molecular weight excluding hydrogens is 330 g/mol. The quantitative estimate of drug-likeness (QED) is 0.477. The fourth-order valence-electron chi connectivity index (χ4n) is 2.93. The van der Waals surface area contributed by atoms with Gasteiger partial charge in [-0.3, -0.25) is 0 Å². The molecule has 2 aromatic rings. The highest BCUT2D eigenvalue weighted by atomic mass is 31.1. The van der Waals surface area contributed by atoms with E-state index in [-0.39, 0.29) is 15.8 Å². The molecule has 0 saturated carbocycles. The summed E-state index contributed by atoms with van der Waals surface area (Å²) in [4.78, 5) is 0. The molecule has 4 heteroatoms. The summed E-state index contributed by atoms with van der Waals surface area (Å²) in [5.74, 6) is 0. The maximum absolute atomic E-state index is 5.84. The van der Waals surface area contributed by atoms with E-state index >= 15 is 0 Å². The van der Waals surface area contributed by atoms with Gasteiger partial charge in [0.25, 0.3) is 0 Å². The molecule has 0 aliphatic rings. The molecule has 4 N–H and O–H groups in total. The minimum atomic E-state index is -0.0914. The lowest BCUT2D eigenvalue weighted by molar-refractivity contribution is 0.895. The summed E-state index contributed by atoms with van der Waals surface area (Å²) in [5, 5.41) is 3.01. The molecule has 0 spiro atoms. The van der Waals surface area contributed by atoms with Gasteiger partial charge in [-0.05, 0) is 61.2 Å². The molecular formula is C20H30N2P2. The highest BCUT2D eigenvalue weighted by Crippen LogP contribution is 2.38. The van der Waals surface area contributed by atoms with E-state index in [9.17, 15) is 0 Å². The van der Waals surface area contributed by atoms with Gasteiger partial charge in [0.15, 0.2) is 0 Å². The smallest absolute Gasteiger partial charge is 0.00348 e. The van der Waals surface area contributed by atoms with Crippen LogP contribution in [-0.2, 0) is 0 Å². The molecule has 24 heavy (non-hydrogen) atoms. The standard InChI is InChI=1S/C20H30N2P2/c21-13-17-23(19-9-3-1-4-10-19)15-7-8-16-24(18-14-22)20-11-5-2-6-12-20/h1-6,9-12H,7-8,13-18,21-22H2. The summed E-state index contributed by atoms with van der Waals surface area (Å²) in [6.45, 7) is 1.59. The second kappa shape index (κ2) is 11.7. The zero-order valence-electron chi connectivity index (χ0n) is 14.5. The van der Waals surface area contributed by atoms with Crippen LogP contribution in [-0.4, -0.2) is 37.7 Å². The van der Waals surface area contributed by atoms with E-state index in [2.05, 4.69) is 60.7 Å². The second-order valence-electron chi connectivity index (χ2n) is 5.93. The number of rotatable bonds is 11. The molecule has 0 fully saturated rings. The van der Waals surface area contributed by atoms with E-state index in [4.69, 9.17) is 11.5 Å². The molecule has 130 valence electrons. The zero-order chi connectivity index (χ0) is 17.0. The van der Waals surface area contributed by atoms with Crippen LogP contribution in [0.1, 0.15) is 12.8 Å². The number of nitrogens with two attached hydrogens (primary N) is 2. The topological polar surface area (TPSA) is 52.0 Å². The summed E-state index contributed by atoms with van der Waals surface area (Å²) >= 11 is 0. The van der Waals surface area contributed by atoms with Gasteiger partial charge < -0.3 is 11.5 Å². The van der Waals surface area contributed by atoms with Crippen molar-refractivity contribution in [3.63, 3.8) is 0 Å². The van der Waals surface area contributed by atoms with Gasteiger partial charge >= 0.3 is 0 Å². The van der Waals surface area contributed by atoms with E-state index in [1.54, 1.807) is 0 Å². The van der Waals surface area contributed by atoms with Crippen molar-refractivity contribution in [1.29, 1.82) is 0 Å². The van der Waals surface area contributed by atoms with Gasteiger partial charge in [0.05, 0.1) is 0 Å². The van der Waals surface area contributed by atoms with Crippen molar-refractivity contribution in [1.82, 2.24) is 0 Å². The molecule has 0 aliphatic heterocycles. The Labute approximate surface area is 149 Å². The van der Waals surface area contributed by atoms with Gasteiger partial charge in [0.2, 0.25) is 0 Å². The fourth-order valence-corrected chi connectivity index (χ4v) is 7.44. The predicted molar refractivity (Wildman–Crippen MR) is 113 cm³/mol. The van der Waals surface area contributed by atoms with Crippen molar-refractivity contribution >= 4 is 26.5 Å². The Morgan fingerprint density at radius 3 is 1.25 bits per heavy atom. The Kier molecular flexibility index (Phi) is 9.54. The highest BCUT2D eigenvalue weighted by Gasteiger charge is 2.12. The molecule has 2 aromatic carbocycles. The average Bonchev–Trinajstić information content (AvgIpc) is 2.64. The molecule has 0 aromatic heterocycles. The highest BCUT2D eigenvalue weighted by molar-refractivity contribution is 7.66. The largest absolute Gasteiger partial charge is 0.330 e.